The number of benzene rings is 1. The minimum Gasteiger partial charge on any atom is -0.468 e. The predicted octanol–water partition coefficient (Wildman–Crippen LogP) is 4.36. The summed E-state index contributed by atoms with van der Waals surface area (Å²) in [6, 6.07) is 7.11. The molecule has 1 saturated heterocycles. The van der Waals surface area contributed by atoms with Gasteiger partial charge in [0.2, 0.25) is 5.91 Å². The first-order valence-corrected chi connectivity index (χ1v) is 9.30. The Morgan fingerprint density at radius 1 is 1.21 bits per heavy atom. The molecular formula is C20H24F3N3O2. The van der Waals surface area contributed by atoms with Crippen LogP contribution >= 0.6 is 0 Å². The van der Waals surface area contributed by atoms with Gasteiger partial charge in [-0.15, -0.1) is 0 Å². The number of rotatable bonds is 6. The summed E-state index contributed by atoms with van der Waals surface area (Å²) in [5.41, 5.74) is 0.0651. The second-order valence-corrected chi connectivity index (χ2v) is 7.08. The third kappa shape index (κ3) is 5.28. The number of halogens is 3. The van der Waals surface area contributed by atoms with Crippen LogP contribution in [0.1, 0.15) is 30.6 Å². The van der Waals surface area contributed by atoms with Gasteiger partial charge in [-0.05, 0) is 56.6 Å². The van der Waals surface area contributed by atoms with E-state index in [2.05, 4.69) is 5.32 Å². The minimum absolute atomic E-state index is 0.0381. The Morgan fingerprint density at radius 2 is 1.96 bits per heavy atom. The van der Waals surface area contributed by atoms with Gasteiger partial charge in [-0.1, -0.05) is 0 Å². The molecular weight excluding hydrogens is 371 g/mol. The standard InChI is InChI=1S/C20H24F3N3O2/c1-25(13-16-6-5-11-28-16)14-19(27)24-17-12-15(20(21,22)23)7-8-18(17)26-9-3-2-4-10-26/h5-8,11-12H,2-4,9-10,13-14H2,1H3,(H,24,27). The van der Waals surface area contributed by atoms with Crippen LogP contribution in [0.25, 0.3) is 0 Å². The van der Waals surface area contributed by atoms with Gasteiger partial charge >= 0.3 is 6.18 Å². The highest BCUT2D eigenvalue weighted by Crippen LogP contribution is 2.36. The topological polar surface area (TPSA) is 48.7 Å². The molecule has 0 bridgehead atoms. The molecule has 0 aliphatic carbocycles. The minimum atomic E-state index is -4.46. The van der Waals surface area contributed by atoms with Gasteiger partial charge in [-0.2, -0.15) is 13.2 Å². The lowest BCUT2D eigenvalue weighted by atomic mass is 10.1. The third-order valence-electron chi connectivity index (χ3n) is 4.71. The summed E-state index contributed by atoms with van der Waals surface area (Å²) in [5, 5.41) is 2.68. The van der Waals surface area contributed by atoms with Crippen molar-refractivity contribution in [2.45, 2.75) is 32.0 Å². The summed E-state index contributed by atoms with van der Waals surface area (Å²) in [5.74, 6) is 0.343. The molecule has 152 valence electrons. The van der Waals surface area contributed by atoms with Crippen LogP contribution in [-0.2, 0) is 17.5 Å². The SMILES string of the molecule is CN(CC(=O)Nc1cc(C(F)(F)F)ccc1N1CCCCC1)Cc1ccco1. The van der Waals surface area contributed by atoms with Crippen molar-refractivity contribution in [1.82, 2.24) is 4.90 Å². The highest BCUT2D eigenvalue weighted by molar-refractivity contribution is 5.95. The van der Waals surface area contributed by atoms with Crippen molar-refractivity contribution in [2.24, 2.45) is 0 Å². The second-order valence-electron chi connectivity index (χ2n) is 7.08. The van der Waals surface area contributed by atoms with Crippen molar-refractivity contribution in [3.05, 3.63) is 47.9 Å². The van der Waals surface area contributed by atoms with E-state index >= 15 is 0 Å². The maximum absolute atomic E-state index is 13.2. The van der Waals surface area contributed by atoms with Gasteiger partial charge in [-0.25, -0.2) is 0 Å². The zero-order chi connectivity index (χ0) is 20.1. The number of alkyl halides is 3. The third-order valence-corrected chi connectivity index (χ3v) is 4.71. The highest BCUT2D eigenvalue weighted by Gasteiger charge is 2.32. The highest BCUT2D eigenvalue weighted by atomic mass is 19.4. The lowest BCUT2D eigenvalue weighted by Crippen LogP contribution is -2.33. The first kappa shape index (κ1) is 20.3. The van der Waals surface area contributed by atoms with Gasteiger partial charge < -0.3 is 14.6 Å². The van der Waals surface area contributed by atoms with Crippen LogP contribution in [0.15, 0.2) is 41.0 Å². The number of nitrogens with one attached hydrogen (secondary N) is 1. The Balaban J connectivity index is 1.74. The number of hydrogen-bond acceptors (Lipinski definition) is 4. The van der Waals surface area contributed by atoms with Crippen LogP contribution in [0, 0.1) is 0 Å². The Labute approximate surface area is 162 Å². The number of likely N-dealkylation sites (N-methyl/N-ethyl adjacent to an activating group) is 1. The summed E-state index contributed by atoms with van der Waals surface area (Å²) >= 11 is 0. The van der Waals surface area contributed by atoms with E-state index in [0.717, 1.165) is 44.5 Å². The maximum Gasteiger partial charge on any atom is 0.416 e. The first-order chi connectivity index (χ1) is 13.3. The van der Waals surface area contributed by atoms with Crippen LogP contribution in [0.2, 0.25) is 0 Å². The van der Waals surface area contributed by atoms with E-state index in [-0.39, 0.29) is 18.1 Å². The van der Waals surface area contributed by atoms with Crippen LogP contribution in [0.3, 0.4) is 0 Å². The van der Waals surface area contributed by atoms with E-state index < -0.39 is 11.7 Å². The van der Waals surface area contributed by atoms with E-state index in [0.29, 0.717) is 18.0 Å². The molecule has 28 heavy (non-hydrogen) atoms. The maximum atomic E-state index is 13.2. The Hall–Kier alpha value is -2.48. The van der Waals surface area contributed by atoms with Gasteiger partial charge in [0.1, 0.15) is 5.76 Å². The molecule has 1 aromatic heterocycles. The van der Waals surface area contributed by atoms with E-state index in [1.54, 1.807) is 30.3 Å². The molecule has 0 saturated carbocycles. The monoisotopic (exact) mass is 395 g/mol. The van der Waals surface area contributed by atoms with Crippen molar-refractivity contribution in [3.63, 3.8) is 0 Å². The molecule has 1 aliphatic heterocycles. The normalized spacial score (nSPS) is 15.1. The quantitative estimate of drug-likeness (QED) is 0.790. The van der Waals surface area contributed by atoms with E-state index in [4.69, 9.17) is 4.42 Å². The number of furan rings is 1. The summed E-state index contributed by atoms with van der Waals surface area (Å²) < 4.78 is 44.7. The van der Waals surface area contributed by atoms with Crippen molar-refractivity contribution in [2.75, 3.05) is 36.9 Å². The second kappa shape index (κ2) is 8.68. The molecule has 0 atom stereocenters. The first-order valence-electron chi connectivity index (χ1n) is 9.30. The number of amides is 1. The van der Waals surface area contributed by atoms with Crippen molar-refractivity contribution in [1.29, 1.82) is 0 Å². The van der Waals surface area contributed by atoms with Gasteiger partial charge in [0.15, 0.2) is 0 Å². The molecule has 0 unspecified atom stereocenters. The van der Waals surface area contributed by atoms with E-state index in [1.807, 2.05) is 4.90 Å². The number of hydrogen-bond donors (Lipinski definition) is 1. The van der Waals surface area contributed by atoms with E-state index in [9.17, 15) is 18.0 Å². The predicted molar refractivity (Wildman–Crippen MR) is 101 cm³/mol. The molecule has 1 N–H and O–H groups in total. The number of carbonyl (C=O) groups excluding carboxylic acids is 1. The fraction of sp³-hybridized carbons (Fsp3) is 0.450. The zero-order valence-electron chi connectivity index (χ0n) is 15.8. The molecule has 5 nitrogen and oxygen atoms in total. The average molecular weight is 395 g/mol. The molecule has 0 radical (unpaired) electrons. The van der Waals surface area contributed by atoms with Gasteiger partial charge in [0.25, 0.3) is 0 Å². The molecule has 8 heteroatoms. The van der Waals surface area contributed by atoms with Gasteiger partial charge in [0.05, 0.1) is 36.3 Å². The lowest BCUT2D eigenvalue weighted by Gasteiger charge is -2.31. The van der Waals surface area contributed by atoms with E-state index in [1.165, 1.54) is 6.07 Å². The number of nitrogens with zero attached hydrogens (tertiary/aromatic N) is 2. The van der Waals surface area contributed by atoms with Crippen LogP contribution in [0.4, 0.5) is 24.5 Å². The molecule has 3 rings (SSSR count). The van der Waals surface area contributed by atoms with Crippen LogP contribution in [0.5, 0.6) is 0 Å². The summed E-state index contributed by atoms with van der Waals surface area (Å²) in [7, 11) is 1.75. The van der Waals surface area contributed by atoms with Crippen LogP contribution in [-0.4, -0.2) is 37.5 Å². The van der Waals surface area contributed by atoms with Gasteiger partial charge in [-0.3, -0.25) is 9.69 Å². The van der Waals surface area contributed by atoms with Crippen molar-refractivity contribution < 1.29 is 22.4 Å². The smallest absolute Gasteiger partial charge is 0.416 e. The summed E-state index contributed by atoms with van der Waals surface area (Å²) in [4.78, 5) is 16.2. The van der Waals surface area contributed by atoms with Crippen molar-refractivity contribution in [3.8, 4) is 0 Å². The molecule has 0 spiro atoms. The fourth-order valence-corrected chi connectivity index (χ4v) is 3.38. The Bertz CT molecular complexity index is 784. The molecule has 1 aliphatic rings. The number of anilines is 2. The van der Waals surface area contributed by atoms with Crippen LogP contribution < -0.4 is 10.2 Å². The summed E-state index contributed by atoms with van der Waals surface area (Å²) in [6.07, 6.45) is 0.170. The zero-order valence-corrected chi connectivity index (χ0v) is 15.8. The fourth-order valence-electron chi connectivity index (χ4n) is 3.38. The largest absolute Gasteiger partial charge is 0.468 e. The Kier molecular flexibility index (Phi) is 6.28. The molecule has 2 aromatic rings. The van der Waals surface area contributed by atoms with Crippen molar-refractivity contribution >= 4 is 17.3 Å². The number of carbonyl (C=O) groups is 1. The Morgan fingerprint density at radius 3 is 2.61 bits per heavy atom. The average Bonchev–Trinajstić information content (AvgIpc) is 3.14. The number of piperidine rings is 1. The molecule has 2 heterocycles. The molecule has 1 fully saturated rings. The summed E-state index contributed by atoms with van der Waals surface area (Å²) in [6.45, 7) is 2.01. The lowest BCUT2D eigenvalue weighted by molar-refractivity contribution is -0.137. The molecule has 1 aromatic carbocycles. The van der Waals surface area contributed by atoms with Gasteiger partial charge in [0, 0.05) is 13.1 Å². The molecule has 1 amide bonds.